The molecule has 5 rings (SSSR count). The van der Waals surface area contributed by atoms with Gasteiger partial charge in [-0.15, -0.1) is 11.3 Å². The van der Waals surface area contributed by atoms with Crippen molar-refractivity contribution in [1.82, 2.24) is 19.9 Å². The second-order valence-corrected chi connectivity index (χ2v) is 9.89. The molecule has 4 heterocycles. The van der Waals surface area contributed by atoms with Crippen LogP contribution in [0.1, 0.15) is 31.5 Å². The van der Waals surface area contributed by atoms with Crippen LogP contribution in [0.2, 0.25) is 0 Å². The van der Waals surface area contributed by atoms with E-state index < -0.39 is 0 Å². The highest BCUT2D eigenvalue weighted by Crippen LogP contribution is 2.24. The number of ketones is 1. The third kappa shape index (κ3) is 4.38. The summed E-state index contributed by atoms with van der Waals surface area (Å²) in [5, 5.41) is 0.951. The predicted molar refractivity (Wildman–Crippen MR) is 128 cm³/mol. The van der Waals surface area contributed by atoms with Gasteiger partial charge in [-0.25, -0.2) is 9.97 Å². The minimum Gasteiger partial charge on any atom is -0.354 e. The second-order valence-electron chi connectivity index (χ2n) is 8.48. The number of aromatic nitrogens is 3. The maximum absolute atomic E-state index is 12.7. The molecule has 2 aliphatic heterocycles. The van der Waals surface area contributed by atoms with Crippen LogP contribution in [-0.4, -0.2) is 64.9 Å². The molecule has 0 N–H and O–H groups in total. The molecule has 2 aliphatic rings. The lowest BCUT2D eigenvalue weighted by Gasteiger charge is -2.35. The molecule has 0 atom stereocenters. The van der Waals surface area contributed by atoms with E-state index in [1.54, 1.807) is 11.3 Å². The highest BCUT2D eigenvalue weighted by Gasteiger charge is 2.24. The van der Waals surface area contributed by atoms with E-state index in [9.17, 15) is 4.79 Å². The van der Waals surface area contributed by atoms with Gasteiger partial charge in [0, 0.05) is 50.3 Å². The monoisotopic (exact) mass is 448 g/mol. The molecule has 32 heavy (non-hydrogen) atoms. The van der Waals surface area contributed by atoms with Crippen molar-refractivity contribution in [3.8, 4) is 0 Å². The van der Waals surface area contributed by atoms with Gasteiger partial charge in [-0.05, 0) is 37.5 Å². The first kappa shape index (κ1) is 21.0. The SMILES string of the molecule is Cc1nc(C(=O)CN2CCN(c3ccnc(N4CCc5ccccc5C4)n3)CC2)c(C)s1. The van der Waals surface area contributed by atoms with Crippen LogP contribution in [0.25, 0.3) is 0 Å². The standard InChI is InChI=1S/C24H28N6OS/c1-17-23(26-18(2)32-17)21(31)16-28-11-13-29(14-12-28)22-7-9-25-24(27-22)30-10-8-19-5-3-4-6-20(19)15-30/h3-7,9H,8,10-16H2,1-2H3. The van der Waals surface area contributed by atoms with Gasteiger partial charge in [0.15, 0.2) is 5.78 Å². The number of aryl methyl sites for hydroxylation is 2. The van der Waals surface area contributed by atoms with E-state index >= 15 is 0 Å². The summed E-state index contributed by atoms with van der Waals surface area (Å²) < 4.78 is 0. The average Bonchev–Trinajstić information content (AvgIpc) is 3.17. The summed E-state index contributed by atoms with van der Waals surface area (Å²) >= 11 is 1.59. The van der Waals surface area contributed by atoms with Gasteiger partial charge in [-0.3, -0.25) is 9.69 Å². The lowest BCUT2D eigenvalue weighted by Crippen LogP contribution is -2.48. The fourth-order valence-corrected chi connectivity index (χ4v) is 5.37. The Morgan fingerprint density at radius 1 is 0.969 bits per heavy atom. The van der Waals surface area contributed by atoms with E-state index in [4.69, 9.17) is 4.98 Å². The van der Waals surface area contributed by atoms with E-state index in [0.29, 0.717) is 12.2 Å². The number of carbonyl (C=O) groups is 1. The number of piperazine rings is 1. The molecule has 7 nitrogen and oxygen atoms in total. The summed E-state index contributed by atoms with van der Waals surface area (Å²) in [5.74, 6) is 1.88. The first-order valence-electron chi connectivity index (χ1n) is 11.2. The zero-order valence-electron chi connectivity index (χ0n) is 18.6. The molecule has 0 saturated carbocycles. The van der Waals surface area contributed by atoms with Crippen molar-refractivity contribution in [2.45, 2.75) is 26.8 Å². The summed E-state index contributed by atoms with van der Waals surface area (Å²) in [5.41, 5.74) is 3.42. The third-order valence-corrected chi connectivity index (χ3v) is 7.16. The highest BCUT2D eigenvalue weighted by atomic mass is 32.1. The van der Waals surface area contributed by atoms with Gasteiger partial charge < -0.3 is 9.80 Å². The first-order valence-corrected chi connectivity index (χ1v) is 12.0. The number of carbonyl (C=O) groups excluding carboxylic acids is 1. The number of hydrogen-bond donors (Lipinski definition) is 0. The maximum atomic E-state index is 12.7. The molecule has 3 aromatic rings. The van der Waals surface area contributed by atoms with E-state index in [0.717, 1.165) is 67.3 Å². The number of anilines is 2. The molecular formula is C24H28N6OS. The molecule has 0 radical (unpaired) electrons. The lowest BCUT2D eigenvalue weighted by molar-refractivity contribution is 0.0921. The number of fused-ring (bicyclic) bond motifs is 1. The number of thiazole rings is 1. The molecular weight excluding hydrogens is 420 g/mol. The molecule has 0 amide bonds. The van der Waals surface area contributed by atoms with E-state index in [1.165, 1.54) is 11.1 Å². The van der Waals surface area contributed by atoms with Crippen LogP contribution in [-0.2, 0) is 13.0 Å². The molecule has 8 heteroatoms. The van der Waals surface area contributed by atoms with E-state index in [1.807, 2.05) is 26.1 Å². The van der Waals surface area contributed by atoms with Crippen LogP contribution in [0.5, 0.6) is 0 Å². The second kappa shape index (κ2) is 8.96. The smallest absolute Gasteiger partial charge is 0.227 e. The molecule has 2 aromatic heterocycles. The first-order chi connectivity index (χ1) is 15.6. The van der Waals surface area contributed by atoms with Gasteiger partial charge in [0.25, 0.3) is 0 Å². The summed E-state index contributed by atoms with van der Waals surface area (Å²) in [6.45, 7) is 9.52. The Hall–Kier alpha value is -2.84. The van der Waals surface area contributed by atoms with Crippen molar-refractivity contribution in [2.75, 3.05) is 49.1 Å². The topological polar surface area (TPSA) is 65.5 Å². The van der Waals surface area contributed by atoms with Gasteiger partial charge >= 0.3 is 0 Å². The van der Waals surface area contributed by atoms with Crippen molar-refractivity contribution in [3.05, 3.63) is 63.2 Å². The predicted octanol–water partition coefficient (Wildman–Crippen LogP) is 3.12. The van der Waals surface area contributed by atoms with Crippen LogP contribution < -0.4 is 9.80 Å². The van der Waals surface area contributed by atoms with Crippen LogP contribution in [0.15, 0.2) is 36.5 Å². The zero-order chi connectivity index (χ0) is 22.1. The molecule has 1 fully saturated rings. The maximum Gasteiger partial charge on any atom is 0.227 e. The number of Topliss-reactive ketones (excluding diaryl/α,β-unsaturated/α-hetero) is 1. The Morgan fingerprint density at radius 3 is 2.50 bits per heavy atom. The Balaban J connectivity index is 1.20. The fourth-order valence-electron chi connectivity index (χ4n) is 4.53. The quantitative estimate of drug-likeness (QED) is 0.556. The largest absolute Gasteiger partial charge is 0.354 e. The van der Waals surface area contributed by atoms with Crippen LogP contribution in [0, 0.1) is 13.8 Å². The van der Waals surface area contributed by atoms with Crippen LogP contribution >= 0.6 is 11.3 Å². The molecule has 0 aliphatic carbocycles. The Kier molecular flexibility index (Phi) is 5.89. The summed E-state index contributed by atoms with van der Waals surface area (Å²) in [7, 11) is 0. The van der Waals surface area contributed by atoms with Crippen molar-refractivity contribution in [1.29, 1.82) is 0 Å². The Bertz CT molecular complexity index is 1120. The average molecular weight is 449 g/mol. The van der Waals surface area contributed by atoms with Crippen molar-refractivity contribution < 1.29 is 4.79 Å². The van der Waals surface area contributed by atoms with Crippen LogP contribution in [0.3, 0.4) is 0 Å². The number of nitrogens with zero attached hydrogens (tertiary/aromatic N) is 6. The van der Waals surface area contributed by atoms with Gasteiger partial charge in [0.05, 0.1) is 11.6 Å². The number of hydrogen-bond acceptors (Lipinski definition) is 8. The fraction of sp³-hybridized carbons (Fsp3) is 0.417. The Morgan fingerprint density at radius 2 is 1.75 bits per heavy atom. The molecule has 0 spiro atoms. The van der Waals surface area contributed by atoms with Crippen molar-refractivity contribution in [2.24, 2.45) is 0 Å². The molecule has 166 valence electrons. The van der Waals surface area contributed by atoms with Gasteiger partial charge in [0.1, 0.15) is 11.5 Å². The van der Waals surface area contributed by atoms with Gasteiger partial charge in [-0.2, -0.15) is 4.98 Å². The summed E-state index contributed by atoms with van der Waals surface area (Å²) in [6, 6.07) is 10.6. The molecule has 1 aromatic carbocycles. The normalized spacial score (nSPS) is 16.8. The number of rotatable bonds is 5. The lowest BCUT2D eigenvalue weighted by atomic mass is 10.0. The minimum absolute atomic E-state index is 0.120. The minimum atomic E-state index is 0.120. The van der Waals surface area contributed by atoms with Crippen molar-refractivity contribution in [3.63, 3.8) is 0 Å². The summed E-state index contributed by atoms with van der Waals surface area (Å²) in [4.78, 5) is 34.3. The van der Waals surface area contributed by atoms with Crippen LogP contribution in [0.4, 0.5) is 11.8 Å². The Labute approximate surface area is 192 Å². The third-order valence-electron chi connectivity index (χ3n) is 6.27. The molecule has 1 saturated heterocycles. The van der Waals surface area contributed by atoms with Crippen molar-refractivity contribution >= 4 is 28.9 Å². The van der Waals surface area contributed by atoms with E-state index in [-0.39, 0.29) is 5.78 Å². The van der Waals surface area contributed by atoms with Gasteiger partial charge in [0.2, 0.25) is 5.95 Å². The molecule has 0 unspecified atom stereocenters. The van der Waals surface area contributed by atoms with E-state index in [2.05, 4.69) is 48.9 Å². The highest BCUT2D eigenvalue weighted by molar-refractivity contribution is 7.11. The number of benzene rings is 1. The summed E-state index contributed by atoms with van der Waals surface area (Å²) in [6.07, 6.45) is 2.88. The molecule has 0 bridgehead atoms. The zero-order valence-corrected chi connectivity index (χ0v) is 19.4. The van der Waals surface area contributed by atoms with Gasteiger partial charge in [-0.1, -0.05) is 24.3 Å².